The van der Waals surface area contributed by atoms with Crippen LogP contribution in [0.15, 0.2) is 36.4 Å². The van der Waals surface area contributed by atoms with Crippen LogP contribution in [0, 0.1) is 11.3 Å². The number of rotatable bonds is 7. The summed E-state index contributed by atoms with van der Waals surface area (Å²) in [4.78, 5) is 2.34. The van der Waals surface area contributed by atoms with Gasteiger partial charge < -0.3 is 14.0 Å². The topological polar surface area (TPSA) is 87.8 Å². The van der Waals surface area contributed by atoms with Crippen LogP contribution in [0.4, 0.5) is 0 Å². The summed E-state index contributed by atoms with van der Waals surface area (Å²) in [6.07, 6.45) is 7.31. The molecule has 0 bridgehead atoms. The van der Waals surface area contributed by atoms with Gasteiger partial charge in [-0.15, -0.1) is 0 Å². The zero-order valence-corrected chi connectivity index (χ0v) is 21.0. The van der Waals surface area contributed by atoms with Crippen molar-refractivity contribution in [3.8, 4) is 11.8 Å². The molecule has 0 radical (unpaired) electrons. The average Bonchev–Trinajstić information content (AvgIpc) is 3.40. The maximum absolute atomic E-state index is 12.3. The summed E-state index contributed by atoms with van der Waals surface area (Å²) in [6, 6.07) is 8.20. The molecule has 1 aromatic heterocycles. The second-order valence-corrected chi connectivity index (χ2v) is 11.2. The number of aryl methyl sites for hydroxylation is 1. The molecule has 0 spiro atoms. The van der Waals surface area contributed by atoms with Gasteiger partial charge in [0.2, 0.25) is 10.0 Å². The van der Waals surface area contributed by atoms with Gasteiger partial charge in [-0.05, 0) is 37.5 Å². The molecule has 0 N–H and O–H groups in total. The minimum atomic E-state index is -3.16. The van der Waals surface area contributed by atoms with Crippen LogP contribution < -0.4 is 4.74 Å². The Bertz CT molecular complexity index is 1300. The second kappa shape index (κ2) is 10.2. The molecule has 8 nitrogen and oxygen atoms in total. The van der Waals surface area contributed by atoms with E-state index in [9.17, 15) is 13.7 Å². The fourth-order valence-corrected chi connectivity index (χ4v) is 7.01. The van der Waals surface area contributed by atoms with Crippen LogP contribution in [0.1, 0.15) is 31.0 Å². The Morgan fingerprint density at radius 2 is 2.06 bits per heavy atom. The van der Waals surface area contributed by atoms with Gasteiger partial charge in [0.1, 0.15) is 18.4 Å². The number of morpholine rings is 1. The molecule has 2 saturated heterocycles. The van der Waals surface area contributed by atoms with Gasteiger partial charge in [0, 0.05) is 50.2 Å². The highest BCUT2D eigenvalue weighted by Gasteiger charge is 2.34. The van der Waals surface area contributed by atoms with Crippen molar-refractivity contribution in [2.24, 2.45) is 0 Å². The fraction of sp³-hybridized carbons (Fsp3) is 0.500. The van der Waals surface area contributed by atoms with Crippen LogP contribution in [0.5, 0.6) is 5.75 Å². The van der Waals surface area contributed by atoms with Crippen molar-refractivity contribution < 1.29 is 17.9 Å². The van der Waals surface area contributed by atoms with E-state index in [4.69, 9.17) is 9.47 Å². The van der Waals surface area contributed by atoms with Crippen molar-refractivity contribution in [1.29, 1.82) is 5.26 Å². The number of nitriles is 1. The molecule has 1 atom stereocenters. The molecule has 5 rings (SSSR count). The molecule has 0 amide bonds. The number of benzene rings is 1. The summed E-state index contributed by atoms with van der Waals surface area (Å²) in [6.45, 7) is 8.23. The highest BCUT2D eigenvalue weighted by atomic mass is 32.2. The van der Waals surface area contributed by atoms with Crippen molar-refractivity contribution in [2.75, 3.05) is 51.8 Å². The van der Waals surface area contributed by atoms with Crippen LogP contribution in [-0.4, -0.2) is 80.0 Å². The molecular weight excluding hydrogens is 464 g/mol. The van der Waals surface area contributed by atoms with Crippen LogP contribution in [0.25, 0.3) is 16.5 Å². The molecule has 2 aromatic rings. The first-order valence-electron chi connectivity index (χ1n) is 12.4. The number of fused-ring (bicyclic) bond motifs is 1. The number of nitrogens with zero attached hydrogens (tertiary/aromatic N) is 4. The SMILES string of the molecule is CCn1c(C2=CCC(N3CCCS3(=O)=O)C=C2)c(C#N)c2ccc(OCCN3CCOCC3)cc21. The van der Waals surface area contributed by atoms with E-state index in [1.807, 2.05) is 30.4 Å². The molecule has 9 heteroatoms. The molecule has 1 aliphatic carbocycles. The minimum Gasteiger partial charge on any atom is -0.492 e. The van der Waals surface area contributed by atoms with E-state index >= 15 is 0 Å². The largest absolute Gasteiger partial charge is 0.492 e. The third kappa shape index (κ3) is 4.76. The molecule has 2 fully saturated rings. The van der Waals surface area contributed by atoms with E-state index in [0.29, 0.717) is 38.1 Å². The number of allylic oxidation sites excluding steroid dienone is 2. The Balaban J connectivity index is 1.38. The van der Waals surface area contributed by atoms with Gasteiger partial charge in [0.05, 0.1) is 35.7 Å². The van der Waals surface area contributed by atoms with Crippen LogP contribution in [0.2, 0.25) is 0 Å². The van der Waals surface area contributed by atoms with E-state index in [-0.39, 0.29) is 11.8 Å². The van der Waals surface area contributed by atoms with E-state index in [0.717, 1.165) is 60.8 Å². The van der Waals surface area contributed by atoms with Crippen molar-refractivity contribution >= 4 is 26.5 Å². The molecule has 1 unspecified atom stereocenters. The molecule has 186 valence electrons. The Morgan fingerprint density at radius 1 is 1.23 bits per heavy atom. The highest BCUT2D eigenvalue weighted by Crippen LogP contribution is 2.36. The maximum atomic E-state index is 12.3. The summed E-state index contributed by atoms with van der Waals surface area (Å²) < 4.78 is 39.9. The molecule has 1 aromatic carbocycles. The number of ether oxygens (including phenoxy) is 2. The Labute approximate surface area is 207 Å². The quantitative estimate of drug-likeness (QED) is 0.586. The van der Waals surface area contributed by atoms with Gasteiger partial charge in [-0.1, -0.05) is 18.2 Å². The van der Waals surface area contributed by atoms with E-state index < -0.39 is 10.0 Å². The van der Waals surface area contributed by atoms with E-state index in [1.54, 1.807) is 4.31 Å². The summed E-state index contributed by atoms with van der Waals surface area (Å²) in [5, 5.41) is 11.0. The van der Waals surface area contributed by atoms with Crippen molar-refractivity contribution in [3.05, 3.63) is 47.7 Å². The van der Waals surface area contributed by atoms with Gasteiger partial charge in [0.25, 0.3) is 0 Å². The third-order valence-corrected chi connectivity index (χ3v) is 9.08. The Hall–Kier alpha value is -2.64. The van der Waals surface area contributed by atoms with Crippen LogP contribution >= 0.6 is 0 Å². The average molecular weight is 497 g/mol. The fourth-order valence-electron chi connectivity index (χ4n) is 5.31. The van der Waals surface area contributed by atoms with Gasteiger partial charge >= 0.3 is 0 Å². The lowest BCUT2D eigenvalue weighted by molar-refractivity contribution is 0.0322. The van der Waals surface area contributed by atoms with Crippen molar-refractivity contribution in [3.63, 3.8) is 0 Å². The zero-order valence-electron chi connectivity index (χ0n) is 20.1. The summed E-state index contributed by atoms with van der Waals surface area (Å²) in [5.74, 6) is 1.02. The monoisotopic (exact) mass is 496 g/mol. The number of sulfonamides is 1. The second-order valence-electron chi connectivity index (χ2n) is 9.16. The third-order valence-electron chi connectivity index (χ3n) is 7.10. The van der Waals surface area contributed by atoms with Crippen LogP contribution in [0.3, 0.4) is 0 Å². The number of hydrogen-bond donors (Lipinski definition) is 0. The van der Waals surface area contributed by atoms with Crippen molar-refractivity contribution in [1.82, 2.24) is 13.8 Å². The number of hydrogen-bond acceptors (Lipinski definition) is 6. The predicted molar refractivity (Wildman–Crippen MR) is 136 cm³/mol. The molecule has 35 heavy (non-hydrogen) atoms. The minimum absolute atomic E-state index is 0.150. The standard InChI is InChI=1S/C26H32N4O4S/c1-2-29-25-18-22(34-16-13-28-11-14-33-15-12-28)8-9-23(25)24(19-27)26(29)20-4-6-21(7-5-20)30-10-3-17-35(30,31)32/h4-6,8-9,18,21H,2-3,7,10-17H2,1H3. The summed E-state index contributed by atoms with van der Waals surface area (Å²) >= 11 is 0. The lowest BCUT2D eigenvalue weighted by Gasteiger charge is -2.26. The lowest BCUT2D eigenvalue weighted by Crippen LogP contribution is -2.38. The molecule has 3 heterocycles. The highest BCUT2D eigenvalue weighted by molar-refractivity contribution is 7.89. The van der Waals surface area contributed by atoms with Gasteiger partial charge in [-0.3, -0.25) is 4.90 Å². The lowest BCUT2D eigenvalue weighted by atomic mass is 9.98. The maximum Gasteiger partial charge on any atom is 0.214 e. The molecule has 3 aliphatic rings. The Kier molecular flexibility index (Phi) is 6.98. The first kappa shape index (κ1) is 24.1. The normalized spacial score (nSPS) is 22.9. The molecule has 2 aliphatic heterocycles. The van der Waals surface area contributed by atoms with E-state index in [1.165, 1.54) is 0 Å². The van der Waals surface area contributed by atoms with Gasteiger partial charge in [-0.25, -0.2) is 8.42 Å². The predicted octanol–water partition coefficient (Wildman–Crippen LogP) is 2.99. The first-order chi connectivity index (χ1) is 17.0. The molecular formula is C26H32N4O4S. The summed E-state index contributed by atoms with van der Waals surface area (Å²) in [7, 11) is -3.16. The van der Waals surface area contributed by atoms with Crippen molar-refractivity contribution in [2.45, 2.75) is 32.4 Å². The Morgan fingerprint density at radius 3 is 2.71 bits per heavy atom. The molecule has 0 saturated carbocycles. The van der Waals surface area contributed by atoms with Gasteiger partial charge in [-0.2, -0.15) is 9.57 Å². The number of aromatic nitrogens is 1. The zero-order chi connectivity index (χ0) is 24.4. The van der Waals surface area contributed by atoms with E-state index in [2.05, 4.69) is 28.5 Å². The smallest absolute Gasteiger partial charge is 0.214 e. The van der Waals surface area contributed by atoms with Crippen LogP contribution in [-0.2, 0) is 21.3 Å². The summed E-state index contributed by atoms with van der Waals surface area (Å²) in [5.41, 5.74) is 3.46. The van der Waals surface area contributed by atoms with Gasteiger partial charge in [0.15, 0.2) is 0 Å². The first-order valence-corrected chi connectivity index (χ1v) is 14.0.